The molecule has 9 N–H and O–H groups in total. The van der Waals surface area contributed by atoms with Crippen molar-refractivity contribution < 1.29 is 64.6 Å². The number of ether oxygens (including phenoxy) is 4. The van der Waals surface area contributed by atoms with E-state index >= 15 is 0 Å². The van der Waals surface area contributed by atoms with E-state index in [1.165, 1.54) is 116 Å². The highest BCUT2D eigenvalue weighted by Crippen LogP contribution is 2.30. The quantitative estimate of drug-likeness (QED) is 0.0219. The molecule has 14 nitrogen and oxygen atoms in total. The van der Waals surface area contributed by atoms with Gasteiger partial charge >= 0.3 is 0 Å². The lowest BCUT2D eigenvalue weighted by atomic mass is 9.97. The molecule has 2 fully saturated rings. The number of nitrogens with one attached hydrogen (secondary N) is 1. The van der Waals surface area contributed by atoms with Gasteiger partial charge < -0.3 is 65.1 Å². The first-order chi connectivity index (χ1) is 31.6. The van der Waals surface area contributed by atoms with Gasteiger partial charge in [-0.3, -0.25) is 4.79 Å². The Labute approximate surface area is 393 Å². The number of carbonyl (C=O) groups excluding carboxylic acids is 1. The predicted octanol–water partition coefficient (Wildman–Crippen LogP) is 7.16. The molecule has 1 amide bonds. The topological polar surface area (TPSA) is 228 Å². The van der Waals surface area contributed by atoms with E-state index < -0.39 is 86.8 Å². The molecule has 0 radical (unpaired) electrons. The fourth-order valence-corrected chi connectivity index (χ4v) is 8.88. The maximum absolute atomic E-state index is 13.2. The van der Waals surface area contributed by atoms with Crippen molar-refractivity contribution in [2.75, 3.05) is 19.8 Å². The van der Waals surface area contributed by atoms with Crippen LogP contribution in [0.5, 0.6) is 0 Å². The molecule has 12 unspecified atom stereocenters. The van der Waals surface area contributed by atoms with Gasteiger partial charge in [0.25, 0.3) is 0 Å². The molecular formula is C51H97NO13. The fourth-order valence-electron chi connectivity index (χ4n) is 8.88. The predicted molar refractivity (Wildman–Crippen MR) is 254 cm³/mol. The van der Waals surface area contributed by atoms with Gasteiger partial charge in [0.1, 0.15) is 48.8 Å². The molecule has 0 aromatic heterocycles. The van der Waals surface area contributed by atoms with Crippen LogP contribution < -0.4 is 5.32 Å². The van der Waals surface area contributed by atoms with Crippen LogP contribution in [0.15, 0.2) is 12.2 Å². The molecule has 384 valence electrons. The van der Waals surface area contributed by atoms with Crippen molar-refractivity contribution >= 4 is 5.91 Å². The Bertz CT molecular complexity index is 1150. The van der Waals surface area contributed by atoms with Crippen molar-refractivity contribution in [3.05, 3.63) is 12.2 Å². The molecule has 65 heavy (non-hydrogen) atoms. The summed E-state index contributed by atoms with van der Waals surface area (Å²) in [6.07, 6.45) is 23.6. The molecule has 12 atom stereocenters. The van der Waals surface area contributed by atoms with Crippen LogP contribution in [0, 0.1) is 0 Å². The van der Waals surface area contributed by atoms with Crippen molar-refractivity contribution in [3.8, 4) is 0 Å². The highest BCUT2D eigenvalue weighted by molar-refractivity contribution is 5.76. The molecule has 0 saturated carbocycles. The van der Waals surface area contributed by atoms with Crippen molar-refractivity contribution in [1.82, 2.24) is 5.32 Å². The summed E-state index contributed by atoms with van der Waals surface area (Å²) in [6, 6.07) is -0.828. The summed E-state index contributed by atoms with van der Waals surface area (Å²) < 4.78 is 22.8. The molecule has 2 aliphatic rings. The number of unbranched alkanes of at least 4 members (excludes halogenated alkanes) is 26. The Morgan fingerprint density at radius 1 is 0.538 bits per heavy atom. The van der Waals surface area contributed by atoms with Gasteiger partial charge in [0.05, 0.1) is 32.0 Å². The van der Waals surface area contributed by atoms with Crippen LogP contribution >= 0.6 is 0 Å². The molecule has 0 aromatic carbocycles. The van der Waals surface area contributed by atoms with E-state index in [0.29, 0.717) is 19.3 Å². The van der Waals surface area contributed by atoms with Crippen molar-refractivity contribution in [3.63, 3.8) is 0 Å². The summed E-state index contributed by atoms with van der Waals surface area (Å²) in [7, 11) is 0. The Morgan fingerprint density at radius 3 is 1.49 bits per heavy atom. The largest absolute Gasteiger partial charge is 0.394 e. The Balaban J connectivity index is 1.80. The van der Waals surface area contributed by atoms with E-state index in [4.69, 9.17) is 18.9 Å². The number of amides is 1. The second kappa shape index (κ2) is 38.6. The van der Waals surface area contributed by atoms with Crippen LogP contribution in [0.2, 0.25) is 0 Å². The lowest BCUT2D eigenvalue weighted by Crippen LogP contribution is -2.65. The summed E-state index contributed by atoms with van der Waals surface area (Å²) in [5.74, 6) is -0.216. The highest BCUT2D eigenvalue weighted by atomic mass is 16.7. The van der Waals surface area contributed by atoms with Crippen LogP contribution in [0.4, 0.5) is 0 Å². The van der Waals surface area contributed by atoms with Gasteiger partial charge in [-0.25, -0.2) is 0 Å². The molecule has 2 aliphatic heterocycles. The molecule has 0 spiro atoms. The van der Waals surface area contributed by atoms with Crippen molar-refractivity contribution in [2.24, 2.45) is 0 Å². The third kappa shape index (κ3) is 25.8. The van der Waals surface area contributed by atoms with Crippen LogP contribution in [0.25, 0.3) is 0 Å². The molecule has 2 rings (SSSR count). The summed E-state index contributed by atoms with van der Waals surface area (Å²) in [5.41, 5.74) is 0. The maximum Gasteiger partial charge on any atom is 0.220 e. The van der Waals surface area contributed by atoms with Crippen LogP contribution in [-0.2, 0) is 23.7 Å². The maximum atomic E-state index is 13.2. The normalized spacial score (nSPS) is 27.0. The minimum absolute atomic E-state index is 0.216. The van der Waals surface area contributed by atoms with Crippen LogP contribution in [0.3, 0.4) is 0 Å². The Hall–Kier alpha value is -1.27. The molecule has 14 heteroatoms. The van der Waals surface area contributed by atoms with E-state index in [-0.39, 0.29) is 12.5 Å². The molecule has 0 aliphatic carbocycles. The third-order valence-corrected chi connectivity index (χ3v) is 13.2. The number of rotatable bonds is 41. The van der Waals surface area contributed by atoms with Crippen molar-refractivity contribution in [1.29, 1.82) is 0 Å². The molecular weight excluding hydrogens is 835 g/mol. The average Bonchev–Trinajstić information content (AvgIpc) is 3.30. The number of aliphatic hydroxyl groups excluding tert-OH is 8. The van der Waals surface area contributed by atoms with Gasteiger partial charge in [0.2, 0.25) is 5.91 Å². The van der Waals surface area contributed by atoms with Crippen LogP contribution in [-0.4, -0.2) is 140 Å². The van der Waals surface area contributed by atoms with Crippen molar-refractivity contribution in [2.45, 2.75) is 286 Å². The molecule has 2 saturated heterocycles. The van der Waals surface area contributed by atoms with E-state index in [0.717, 1.165) is 64.2 Å². The van der Waals surface area contributed by atoms with E-state index in [1.807, 2.05) is 0 Å². The van der Waals surface area contributed by atoms with E-state index in [1.54, 1.807) is 0 Å². The van der Waals surface area contributed by atoms with E-state index in [2.05, 4.69) is 31.3 Å². The average molecular weight is 932 g/mol. The minimum Gasteiger partial charge on any atom is -0.394 e. The Morgan fingerprint density at radius 2 is 0.969 bits per heavy atom. The minimum atomic E-state index is -1.78. The number of carbonyl (C=O) groups is 1. The number of allylic oxidation sites excluding steroid dienone is 2. The first kappa shape index (κ1) is 59.9. The lowest BCUT2D eigenvalue weighted by Gasteiger charge is -2.46. The van der Waals surface area contributed by atoms with E-state index in [9.17, 15) is 45.6 Å². The van der Waals surface area contributed by atoms with Gasteiger partial charge in [0, 0.05) is 6.42 Å². The van der Waals surface area contributed by atoms with Gasteiger partial charge in [-0.2, -0.15) is 0 Å². The van der Waals surface area contributed by atoms with Gasteiger partial charge in [0.15, 0.2) is 12.6 Å². The summed E-state index contributed by atoms with van der Waals surface area (Å²) >= 11 is 0. The number of hydrogen-bond acceptors (Lipinski definition) is 13. The fraction of sp³-hybridized carbons (Fsp3) is 0.941. The zero-order chi connectivity index (χ0) is 47.5. The lowest BCUT2D eigenvalue weighted by molar-refractivity contribution is -0.359. The standard InChI is InChI=1S/C51H97NO13/c1-3-5-7-9-11-13-15-17-18-19-20-21-22-23-24-26-28-30-32-34-40(55)39(52-43(56)35-33-31-29-27-25-16-14-12-10-8-6-4-2)38-62-50-48(61)46(59)49(42(37-54)64-50)65-51-47(60)45(58)44(57)41(36-53)63-51/h12,14,39-42,44-51,53-55,57-61H,3-11,13,15-38H2,1-2H3,(H,52,56)/b14-12-. The molecule has 0 aromatic rings. The summed E-state index contributed by atoms with van der Waals surface area (Å²) in [6.45, 7) is 2.83. The highest BCUT2D eigenvalue weighted by Gasteiger charge is 2.51. The molecule has 0 bridgehead atoms. The SMILES string of the molecule is CCCCC/C=C\CCCCCCCC(=O)NC(COC1OC(CO)C(OC2OC(CO)C(O)C(O)C2O)C(O)C1O)C(O)CCCCCCCCCCCCCCCCCCCCC. The third-order valence-electron chi connectivity index (χ3n) is 13.2. The number of hydrogen-bond donors (Lipinski definition) is 9. The first-order valence-corrected chi connectivity index (χ1v) is 26.4. The second-order valence-corrected chi connectivity index (χ2v) is 19.0. The van der Waals surface area contributed by atoms with Gasteiger partial charge in [-0.15, -0.1) is 0 Å². The Kier molecular flexibility index (Phi) is 35.5. The van der Waals surface area contributed by atoms with Gasteiger partial charge in [-0.1, -0.05) is 180 Å². The smallest absolute Gasteiger partial charge is 0.220 e. The zero-order valence-electron chi connectivity index (χ0n) is 40.7. The molecule has 2 heterocycles. The van der Waals surface area contributed by atoms with Gasteiger partial charge in [-0.05, 0) is 38.5 Å². The first-order valence-electron chi connectivity index (χ1n) is 26.4. The second-order valence-electron chi connectivity index (χ2n) is 19.0. The summed E-state index contributed by atoms with van der Waals surface area (Å²) in [5, 5.41) is 86.9. The summed E-state index contributed by atoms with van der Waals surface area (Å²) in [4.78, 5) is 13.2. The zero-order valence-corrected chi connectivity index (χ0v) is 40.7. The van der Waals surface area contributed by atoms with Crippen LogP contribution in [0.1, 0.15) is 213 Å². The monoisotopic (exact) mass is 932 g/mol. The number of aliphatic hydroxyl groups is 8.